The summed E-state index contributed by atoms with van der Waals surface area (Å²) in [5.74, 6) is 0.462. The van der Waals surface area contributed by atoms with Gasteiger partial charge >= 0.3 is 0 Å². The van der Waals surface area contributed by atoms with Crippen molar-refractivity contribution in [1.29, 1.82) is 0 Å². The first kappa shape index (κ1) is 14.3. The van der Waals surface area contributed by atoms with Crippen molar-refractivity contribution in [2.45, 2.75) is 40.2 Å². The number of carbonyl (C=O) groups excluding carboxylic acids is 1. The molecule has 4 nitrogen and oxygen atoms in total. The highest BCUT2D eigenvalue weighted by Gasteiger charge is 2.17. The number of rotatable bonds is 5. The van der Waals surface area contributed by atoms with Crippen LogP contribution in [0.5, 0.6) is 0 Å². The van der Waals surface area contributed by atoms with Gasteiger partial charge in [-0.25, -0.2) is 4.68 Å². The molecule has 1 aromatic carbocycles. The van der Waals surface area contributed by atoms with E-state index in [0.717, 1.165) is 42.4 Å². The summed E-state index contributed by atoms with van der Waals surface area (Å²) in [6, 6.07) is 6.14. The second kappa shape index (κ2) is 5.90. The molecule has 0 amide bonds. The normalized spacial score (nSPS) is 10.8. The van der Waals surface area contributed by atoms with Crippen LogP contribution in [0.2, 0.25) is 0 Å². The van der Waals surface area contributed by atoms with Crippen LogP contribution in [-0.4, -0.2) is 16.1 Å². The highest BCUT2D eigenvalue weighted by atomic mass is 16.1. The van der Waals surface area contributed by atoms with Gasteiger partial charge in [-0.05, 0) is 31.9 Å². The van der Waals surface area contributed by atoms with Gasteiger partial charge in [0.2, 0.25) is 0 Å². The number of unbranched alkanes of at least 4 members (excludes halogenated alkanes) is 1. The van der Waals surface area contributed by atoms with E-state index in [2.05, 4.69) is 18.1 Å². The van der Waals surface area contributed by atoms with Gasteiger partial charge < -0.3 is 5.73 Å². The van der Waals surface area contributed by atoms with Crippen molar-refractivity contribution in [1.82, 2.24) is 9.78 Å². The number of aldehydes is 1. The topological polar surface area (TPSA) is 60.9 Å². The molecule has 0 radical (unpaired) electrons. The highest BCUT2D eigenvalue weighted by molar-refractivity contribution is 5.92. The maximum Gasteiger partial charge on any atom is 0.156 e. The van der Waals surface area contributed by atoms with Gasteiger partial charge in [0.05, 0.1) is 5.56 Å². The van der Waals surface area contributed by atoms with Crippen LogP contribution in [0.15, 0.2) is 18.2 Å². The standard InChI is InChI=1S/C16H21N3O/c1-4-5-8-19-16(17)14(10-20)15(18-19)13-9-11(2)6-7-12(13)3/h6-7,9-10H,4-5,8,17H2,1-3H3. The van der Waals surface area contributed by atoms with Crippen LogP contribution in [-0.2, 0) is 6.54 Å². The lowest BCUT2D eigenvalue weighted by atomic mass is 10.0. The molecule has 4 heteroatoms. The first-order valence-electron chi connectivity index (χ1n) is 6.97. The molecule has 0 aliphatic carbocycles. The molecule has 0 unspecified atom stereocenters. The van der Waals surface area contributed by atoms with Crippen molar-refractivity contribution in [3.63, 3.8) is 0 Å². The van der Waals surface area contributed by atoms with Crippen molar-refractivity contribution < 1.29 is 4.79 Å². The van der Waals surface area contributed by atoms with Crippen molar-refractivity contribution in [3.05, 3.63) is 34.9 Å². The van der Waals surface area contributed by atoms with Gasteiger partial charge in [0.1, 0.15) is 11.5 Å². The number of hydrogen-bond acceptors (Lipinski definition) is 3. The molecule has 20 heavy (non-hydrogen) atoms. The maximum absolute atomic E-state index is 11.4. The van der Waals surface area contributed by atoms with Gasteiger partial charge in [-0.1, -0.05) is 31.0 Å². The third kappa shape index (κ3) is 2.59. The number of benzene rings is 1. The summed E-state index contributed by atoms with van der Waals surface area (Å²) in [6.45, 7) is 6.91. The van der Waals surface area contributed by atoms with Crippen molar-refractivity contribution in [2.75, 3.05) is 5.73 Å². The first-order valence-corrected chi connectivity index (χ1v) is 6.97. The molecule has 2 N–H and O–H groups in total. The smallest absolute Gasteiger partial charge is 0.156 e. The number of carbonyl (C=O) groups is 1. The Hall–Kier alpha value is -2.10. The van der Waals surface area contributed by atoms with Crippen LogP contribution in [0.1, 0.15) is 41.3 Å². The van der Waals surface area contributed by atoms with Gasteiger partial charge in [0, 0.05) is 12.1 Å². The molecule has 0 saturated carbocycles. The Bertz CT molecular complexity index is 629. The Morgan fingerprint density at radius 1 is 1.35 bits per heavy atom. The Labute approximate surface area is 119 Å². The summed E-state index contributed by atoms with van der Waals surface area (Å²) in [5, 5.41) is 4.55. The molecular formula is C16H21N3O. The Morgan fingerprint density at radius 2 is 2.10 bits per heavy atom. The quantitative estimate of drug-likeness (QED) is 0.848. The van der Waals surface area contributed by atoms with E-state index in [1.807, 2.05) is 26.0 Å². The summed E-state index contributed by atoms with van der Waals surface area (Å²) in [5.41, 5.74) is 10.5. The molecule has 2 aromatic rings. The summed E-state index contributed by atoms with van der Waals surface area (Å²) < 4.78 is 1.74. The molecule has 0 fully saturated rings. The van der Waals surface area contributed by atoms with Crippen LogP contribution in [0, 0.1) is 13.8 Å². The van der Waals surface area contributed by atoms with E-state index >= 15 is 0 Å². The summed E-state index contributed by atoms with van der Waals surface area (Å²) in [6.07, 6.45) is 2.87. The third-order valence-electron chi connectivity index (χ3n) is 3.52. The third-order valence-corrected chi connectivity index (χ3v) is 3.52. The summed E-state index contributed by atoms with van der Waals surface area (Å²) in [7, 11) is 0. The second-order valence-electron chi connectivity index (χ2n) is 5.16. The number of hydrogen-bond donors (Lipinski definition) is 1. The Kier molecular flexibility index (Phi) is 4.23. The minimum atomic E-state index is 0.462. The molecule has 2 rings (SSSR count). The fourth-order valence-electron chi connectivity index (χ4n) is 2.27. The SMILES string of the molecule is CCCCn1nc(-c2cc(C)ccc2C)c(C=O)c1N. The number of nitrogens with two attached hydrogens (primary N) is 1. The number of nitrogens with zero attached hydrogens (tertiary/aromatic N) is 2. The van der Waals surface area contributed by atoms with E-state index in [-0.39, 0.29) is 0 Å². The number of aryl methyl sites for hydroxylation is 3. The second-order valence-corrected chi connectivity index (χ2v) is 5.16. The molecule has 0 aliphatic heterocycles. The molecule has 0 saturated heterocycles. The lowest BCUT2D eigenvalue weighted by Crippen LogP contribution is -2.05. The average Bonchev–Trinajstić information content (AvgIpc) is 2.75. The minimum absolute atomic E-state index is 0.462. The summed E-state index contributed by atoms with van der Waals surface area (Å²) >= 11 is 0. The van der Waals surface area contributed by atoms with Gasteiger partial charge in [-0.2, -0.15) is 5.10 Å². The molecule has 0 atom stereocenters. The fourth-order valence-corrected chi connectivity index (χ4v) is 2.27. The van der Waals surface area contributed by atoms with Crippen LogP contribution in [0.4, 0.5) is 5.82 Å². The van der Waals surface area contributed by atoms with Crippen LogP contribution in [0.25, 0.3) is 11.3 Å². The molecule has 106 valence electrons. The van der Waals surface area contributed by atoms with Crippen molar-refractivity contribution in [3.8, 4) is 11.3 Å². The zero-order valence-electron chi connectivity index (χ0n) is 12.3. The predicted molar refractivity (Wildman–Crippen MR) is 81.8 cm³/mol. The van der Waals surface area contributed by atoms with E-state index in [1.54, 1.807) is 4.68 Å². The van der Waals surface area contributed by atoms with E-state index < -0.39 is 0 Å². The molecule has 0 aliphatic rings. The lowest BCUT2D eigenvalue weighted by Gasteiger charge is -2.05. The van der Waals surface area contributed by atoms with Crippen LogP contribution < -0.4 is 5.73 Å². The molecule has 1 aromatic heterocycles. The van der Waals surface area contributed by atoms with Gasteiger partial charge in [0.25, 0.3) is 0 Å². The maximum atomic E-state index is 11.4. The zero-order valence-corrected chi connectivity index (χ0v) is 12.3. The average molecular weight is 271 g/mol. The van der Waals surface area contributed by atoms with Crippen LogP contribution in [0.3, 0.4) is 0 Å². The monoisotopic (exact) mass is 271 g/mol. The Morgan fingerprint density at radius 3 is 2.75 bits per heavy atom. The fraction of sp³-hybridized carbons (Fsp3) is 0.375. The minimum Gasteiger partial charge on any atom is -0.383 e. The summed E-state index contributed by atoms with van der Waals surface area (Å²) in [4.78, 5) is 11.4. The van der Waals surface area contributed by atoms with Gasteiger partial charge in [0.15, 0.2) is 6.29 Å². The van der Waals surface area contributed by atoms with Gasteiger partial charge in [-0.3, -0.25) is 4.79 Å². The van der Waals surface area contributed by atoms with Crippen LogP contribution >= 0.6 is 0 Å². The van der Waals surface area contributed by atoms with E-state index in [0.29, 0.717) is 17.1 Å². The molecule has 0 bridgehead atoms. The van der Waals surface area contributed by atoms with Crippen molar-refractivity contribution >= 4 is 12.1 Å². The number of aromatic nitrogens is 2. The molecule has 1 heterocycles. The van der Waals surface area contributed by atoms with E-state index in [9.17, 15) is 4.79 Å². The van der Waals surface area contributed by atoms with Gasteiger partial charge in [-0.15, -0.1) is 0 Å². The highest BCUT2D eigenvalue weighted by Crippen LogP contribution is 2.29. The number of nitrogen functional groups attached to an aromatic ring is 1. The van der Waals surface area contributed by atoms with Crippen molar-refractivity contribution in [2.24, 2.45) is 0 Å². The number of anilines is 1. The van der Waals surface area contributed by atoms with E-state index in [4.69, 9.17) is 5.73 Å². The Balaban J connectivity index is 2.55. The lowest BCUT2D eigenvalue weighted by molar-refractivity contribution is 0.112. The largest absolute Gasteiger partial charge is 0.383 e. The predicted octanol–water partition coefficient (Wildman–Crippen LogP) is 3.36. The zero-order chi connectivity index (χ0) is 14.7. The first-order chi connectivity index (χ1) is 9.58. The molecular weight excluding hydrogens is 250 g/mol. The molecule has 0 spiro atoms. The van der Waals surface area contributed by atoms with E-state index in [1.165, 1.54) is 0 Å².